The molecule has 1 aromatic carbocycles. The minimum absolute atomic E-state index is 0.226. The minimum atomic E-state index is -0.566. The maximum atomic E-state index is 11.3. The van der Waals surface area contributed by atoms with E-state index in [1.54, 1.807) is 25.3 Å². The van der Waals surface area contributed by atoms with Gasteiger partial charge in [0, 0.05) is 36.8 Å². The van der Waals surface area contributed by atoms with Crippen molar-refractivity contribution in [3.8, 4) is 11.5 Å². The van der Waals surface area contributed by atoms with Gasteiger partial charge in [-0.2, -0.15) is 0 Å². The van der Waals surface area contributed by atoms with Gasteiger partial charge in [-0.05, 0) is 12.1 Å². The number of ether oxygens (including phenoxy) is 3. The highest BCUT2D eigenvalue weighted by molar-refractivity contribution is 6.18. The number of hydrogen-bond acceptors (Lipinski definition) is 5. The molecule has 6 nitrogen and oxygen atoms in total. The molecule has 0 saturated carbocycles. The van der Waals surface area contributed by atoms with Crippen molar-refractivity contribution >= 4 is 11.5 Å². The van der Waals surface area contributed by atoms with Gasteiger partial charge in [-0.1, -0.05) is 6.58 Å². The van der Waals surface area contributed by atoms with Crippen LogP contribution in [0.5, 0.6) is 11.5 Å². The highest BCUT2D eigenvalue weighted by atomic mass is 16.5. The third-order valence-corrected chi connectivity index (χ3v) is 3.58. The van der Waals surface area contributed by atoms with Gasteiger partial charge in [0.2, 0.25) is 5.91 Å². The predicted octanol–water partition coefficient (Wildman–Crippen LogP) is 0.905. The van der Waals surface area contributed by atoms with Gasteiger partial charge in [-0.25, -0.2) is 0 Å². The molecule has 0 radical (unpaired) electrons. The number of carbonyl (C=O) groups excluding carboxylic acids is 1. The summed E-state index contributed by atoms with van der Waals surface area (Å²) in [5.41, 5.74) is 6.12. The second kappa shape index (κ2) is 7.82. The van der Waals surface area contributed by atoms with Crippen LogP contribution in [0.25, 0.3) is 5.57 Å². The Kier molecular flexibility index (Phi) is 5.80. The second-order valence-electron chi connectivity index (χ2n) is 5.01. The molecule has 1 aliphatic rings. The van der Waals surface area contributed by atoms with Gasteiger partial charge in [0.15, 0.2) is 0 Å². The summed E-state index contributed by atoms with van der Waals surface area (Å²) < 4.78 is 16.3. The lowest BCUT2D eigenvalue weighted by atomic mass is 10.1. The van der Waals surface area contributed by atoms with Crippen LogP contribution in [0.3, 0.4) is 0 Å². The van der Waals surface area contributed by atoms with E-state index in [4.69, 9.17) is 19.9 Å². The molecular weight excluding hydrogens is 284 g/mol. The number of nitrogens with two attached hydrogens (primary N) is 1. The van der Waals surface area contributed by atoms with Crippen molar-refractivity contribution < 1.29 is 19.0 Å². The van der Waals surface area contributed by atoms with E-state index in [2.05, 4.69) is 11.5 Å². The van der Waals surface area contributed by atoms with Crippen molar-refractivity contribution in [1.29, 1.82) is 0 Å². The van der Waals surface area contributed by atoms with Gasteiger partial charge in [-0.15, -0.1) is 0 Å². The van der Waals surface area contributed by atoms with Crippen LogP contribution in [0, 0.1) is 0 Å². The fourth-order valence-corrected chi connectivity index (χ4v) is 2.24. The molecule has 0 aliphatic carbocycles. The van der Waals surface area contributed by atoms with Crippen LogP contribution in [0.2, 0.25) is 0 Å². The number of benzene rings is 1. The Balaban J connectivity index is 2.03. The first kappa shape index (κ1) is 16.3. The van der Waals surface area contributed by atoms with Crippen LogP contribution >= 0.6 is 0 Å². The van der Waals surface area contributed by atoms with E-state index in [0.29, 0.717) is 23.7 Å². The van der Waals surface area contributed by atoms with Gasteiger partial charge in [0.1, 0.15) is 18.1 Å². The van der Waals surface area contributed by atoms with Crippen LogP contribution in [-0.2, 0) is 9.53 Å². The van der Waals surface area contributed by atoms with Crippen LogP contribution in [0.15, 0.2) is 24.8 Å². The largest absolute Gasteiger partial charge is 0.497 e. The third-order valence-electron chi connectivity index (χ3n) is 3.58. The van der Waals surface area contributed by atoms with Crippen LogP contribution in [0.4, 0.5) is 0 Å². The van der Waals surface area contributed by atoms with E-state index in [1.165, 1.54) is 0 Å². The highest BCUT2D eigenvalue weighted by Gasteiger charge is 2.14. The molecule has 22 heavy (non-hydrogen) atoms. The van der Waals surface area contributed by atoms with Crippen molar-refractivity contribution in [2.24, 2.45) is 5.73 Å². The van der Waals surface area contributed by atoms with Gasteiger partial charge in [-0.3, -0.25) is 9.69 Å². The molecule has 2 rings (SSSR count). The third kappa shape index (κ3) is 4.22. The Labute approximate surface area is 130 Å². The predicted molar refractivity (Wildman–Crippen MR) is 84.0 cm³/mol. The summed E-state index contributed by atoms with van der Waals surface area (Å²) in [6, 6.07) is 5.22. The maximum absolute atomic E-state index is 11.3. The summed E-state index contributed by atoms with van der Waals surface area (Å²) in [6.07, 6.45) is 0. The molecular formula is C16H22N2O4. The summed E-state index contributed by atoms with van der Waals surface area (Å²) in [5.74, 6) is 0.641. The molecule has 0 unspecified atom stereocenters. The molecule has 1 aromatic rings. The molecule has 1 aliphatic heterocycles. The average molecular weight is 306 g/mol. The van der Waals surface area contributed by atoms with Crippen LogP contribution < -0.4 is 15.2 Å². The zero-order valence-corrected chi connectivity index (χ0v) is 12.8. The monoisotopic (exact) mass is 306 g/mol. The lowest BCUT2D eigenvalue weighted by molar-refractivity contribution is -0.112. The summed E-state index contributed by atoms with van der Waals surface area (Å²) in [6.45, 7) is 8.33. The molecule has 1 saturated heterocycles. The molecule has 0 aromatic heterocycles. The minimum Gasteiger partial charge on any atom is -0.497 e. The molecule has 0 spiro atoms. The molecule has 0 bridgehead atoms. The SMILES string of the molecule is C=C(C(N)=O)c1ccc(OC)cc1OCCN1CCOCC1. The summed E-state index contributed by atoms with van der Waals surface area (Å²) in [4.78, 5) is 13.6. The molecule has 6 heteroatoms. The zero-order valence-electron chi connectivity index (χ0n) is 12.8. The van der Waals surface area contributed by atoms with Crippen molar-refractivity contribution in [3.05, 3.63) is 30.3 Å². The fraction of sp³-hybridized carbons (Fsp3) is 0.438. The first-order chi connectivity index (χ1) is 10.6. The Bertz CT molecular complexity index is 539. The summed E-state index contributed by atoms with van der Waals surface area (Å²) in [7, 11) is 1.58. The summed E-state index contributed by atoms with van der Waals surface area (Å²) >= 11 is 0. The number of rotatable bonds is 7. The number of hydrogen-bond donors (Lipinski definition) is 1. The molecule has 2 N–H and O–H groups in total. The van der Waals surface area contributed by atoms with Gasteiger partial charge in [0.25, 0.3) is 0 Å². The Hall–Kier alpha value is -2.05. The first-order valence-electron chi connectivity index (χ1n) is 7.22. The standard InChI is InChI=1S/C16H22N2O4/c1-12(16(17)19)14-4-3-13(20-2)11-15(14)22-10-7-18-5-8-21-9-6-18/h3-4,11H,1,5-10H2,2H3,(H2,17,19). The van der Waals surface area contributed by atoms with E-state index in [0.717, 1.165) is 32.8 Å². The van der Waals surface area contributed by atoms with Crippen molar-refractivity contribution in [2.45, 2.75) is 0 Å². The average Bonchev–Trinajstić information content (AvgIpc) is 2.55. The molecule has 1 fully saturated rings. The van der Waals surface area contributed by atoms with Crippen molar-refractivity contribution in [1.82, 2.24) is 4.90 Å². The van der Waals surface area contributed by atoms with Gasteiger partial charge in [0.05, 0.1) is 20.3 Å². The number of morpholine rings is 1. The lowest BCUT2D eigenvalue weighted by Crippen LogP contribution is -2.38. The molecule has 1 amide bonds. The number of primary amides is 1. The molecule has 1 heterocycles. The van der Waals surface area contributed by atoms with Crippen molar-refractivity contribution in [3.63, 3.8) is 0 Å². The number of methoxy groups -OCH3 is 1. The Morgan fingerprint density at radius 1 is 1.41 bits per heavy atom. The molecule has 0 atom stereocenters. The van der Waals surface area contributed by atoms with Crippen LogP contribution in [0.1, 0.15) is 5.56 Å². The summed E-state index contributed by atoms with van der Waals surface area (Å²) in [5, 5.41) is 0. The maximum Gasteiger partial charge on any atom is 0.248 e. The molecule has 120 valence electrons. The number of amides is 1. The quantitative estimate of drug-likeness (QED) is 0.758. The first-order valence-corrected chi connectivity index (χ1v) is 7.22. The van der Waals surface area contributed by atoms with Gasteiger partial charge >= 0.3 is 0 Å². The van der Waals surface area contributed by atoms with Crippen LogP contribution in [-0.4, -0.2) is 57.4 Å². The van der Waals surface area contributed by atoms with E-state index in [9.17, 15) is 4.79 Å². The highest BCUT2D eigenvalue weighted by Crippen LogP contribution is 2.29. The topological polar surface area (TPSA) is 74.0 Å². The number of carbonyl (C=O) groups is 1. The second-order valence-corrected chi connectivity index (χ2v) is 5.01. The Morgan fingerprint density at radius 2 is 2.14 bits per heavy atom. The Morgan fingerprint density at radius 3 is 2.77 bits per heavy atom. The normalized spacial score (nSPS) is 15.3. The van der Waals surface area contributed by atoms with Gasteiger partial charge < -0.3 is 19.9 Å². The lowest BCUT2D eigenvalue weighted by Gasteiger charge is -2.26. The van der Waals surface area contributed by atoms with E-state index >= 15 is 0 Å². The van der Waals surface area contributed by atoms with E-state index < -0.39 is 5.91 Å². The fourth-order valence-electron chi connectivity index (χ4n) is 2.24. The van der Waals surface area contributed by atoms with E-state index in [-0.39, 0.29) is 5.57 Å². The van der Waals surface area contributed by atoms with Crippen molar-refractivity contribution in [2.75, 3.05) is 46.6 Å². The number of nitrogens with zero attached hydrogens (tertiary/aromatic N) is 1. The smallest absolute Gasteiger partial charge is 0.248 e. The zero-order chi connectivity index (χ0) is 15.9. The van der Waals surface area contributed by atoms with E-state index in [1.807, 2.05) is 0 Å².